The molecule has 132 valence electrons. The van der Waals surface area contributed by atoms with Crippen LogP contribution >= 0.6 is 0 Å². The summed E-state index contributed by atoms with van der Waals surface area (Å²) >= 11 is 0. The van der Waals surface area contributed by atoms with Gasteiger partial charge >= 0.3 is 0 Å². The minimum Gasteiger partial charge on any atom is -0.474 e. The number of hydrogen-bond acceptors (Lipinski definition) is 7. The molecule has 0 atom stereocenters. The summed E-state index contributed by atoms with van der Waals surface area (Å²) in [4.78, 5) is 4.36. The Morgan fingerprint density at radius 1 is 1.23 bits per heavy atom. The molecule has 26 heavy (non-hydrogen) atoms. The average molecular weight is 349 g/mol. The van der Waals surface area contributed by atoms with Crippen molar-refractivity contribution in [3.05, 3.63) is 47.7 Å². The number of nitrogens with two attached hydrogens (primary N) is 1. The number of anilines is 3. The summed E-state index contributed by atoms with van der Waals surface area (Å²) in [6, 6.07) is 13.1. The van der Waals surface area contributed by atoms with E-state index in [0.29, 0.717) is 17.3 Å². The van der Waals surface area contributed by atoms with Crippen LogP contribution in [0.1, 0.15) is 25.1 Å². The number of ether oxygens (including phenoxy) is 1. The molecule has 0 amide bonds. The molecule has 0 spiro atoms. The van der Waals surface area contributed by atoms with E-state index < -0.39 is 0 Å². The van der Waals surface area contributed by atoms with Crippen LogP contribution in [-0.2, 0) is 0 Å². The van der Waals surface area contributed by atoms with Crippen LogP contribution in [0.25, 0.3) is 11.3 Å². The Morgan fingerprint density at radius 2 is 1.96 bits per heavy atom. The predicted molar refractivity (Wildman–Crippen MR) is 99.1 cm³/mol. The fourth-order valence-corrected chi connectivity index (χ4v) is 2.39. The maximum Gasteiger partial charge on any atom is 0.236 e. The molecule has 2 heterocycles. The van der Waals surface area contributed by atoms with E-state index in [1.807, 2.05) is 57.2 Å². The number of rotatable bonds is 5. The van der Waals surface area contributed by atoms with Gasteiger partial charge in [0.15, 0.2) is 5.76 Å². The van der Waals surface area contributed by atoms with Crippen LogP contribution in [0.4, 0.5) is 17.2 Å². The monoisotopic (exact) mass is 349 g/mol. The number of pyridine rings is 1. The maximum absolute atomic E-state index is 9.25. The van der Waals surface area contributed by atoms with E-state index in [4.69, 9.17) is 15.0 Å². The molecule has 2 aromatic heterocycles. The zero-order chi connectivity index (χ0) is 18.7. The summed E-state index contributed by atoms with van der Waals surface area (Å²) in [5, 5.41) is 16.3. The fraction of sp³-hybridized carbons (Fsp3) is 0.211. The first-order chi connectivity index (χ1) is 12.5. The molecule has 7 nitrogen and oxygen atoms in total. The lowest BCUT2D eigenvalue weighted by atomic mass is 10.1. The van der Waals surface area contributed by atoms with Crippen LogP contribution in [0, 0.1) is 18.3 Å². The molecule has 0 fully saturated rings. The van der Waals surface area contributed by atoms with Crippen molar-refractivity contribution in [2.75, 3.05) is 11.1 Å². The first-order valence-electron chi connectivity index (χ1n) is 8.14. The molecule has 0 radical (unpaired) electrons. The summed E-state index contributed by atoms with van der Waals surface area (Å²) in [7, 11) is 0. The molecule has 3 rings (SSSR count). The summed E-state index contributed by atoms with van der Waals surface area (Å²) in [6.07, 6.45) is -0.117. The molecule has 3 aromatic rings. The van der Waals surface area contributed by atoms with Crippen LogP contribution in [0.2, 0.25) is 0 Å². The standard InChI is InChI=1S/C19H19N5O2/c1-11(2)25-19-15(10-20)16(21)9-18(23-19)22-14-6-4-13(5-7-14)17-8-12(3)24-26-17/h4-9,11H,1-3H3,(H3,21,22,23). The Labute approximate surface area is 151 Å². The molecule has 0 aliphatic rings. The van der Waals surface area contributed by atoms with Crippen molar-refractivity contribution < 1.29 is 9.26 Å². The van der Waals surface area contributed by atoms with Crippen molar-refractivity contribution in [2.45, 2.75) is 26.9 Å². The molecule has 1 aromatic carbocycles. The number of hydrogen-bond donors (Lipinski definition) is 2. The number of benzene rings is 1. The third-order valence-electron chi connectivity index (χ3n) is 3.55. The second-order valence-corrected chi connectivity index (χ2v) is 6.09. The lowest BCUT2D eigenvalue weighted by Crippen LogP contribution is -2.10. The van der Waals surface area contributed by atoms with Crippen LogP contribution in [0.3, 0.4) is 0 Å². The molecular formula is C19H19N5O2. The van der Waals surface area contributed by atoms with Gasteiger partial charge < -0.3 is 20.3 Å². The molecule has 0 aliphatic heterocycles. The number of aryl methyl sites for hydroxylation is 1. The second-order valence-electron chi connectivity index (χ2n) is 6.09. The van der Waals surface area contributed by atoms with E-state index in [2.05, 4.69) is 15.5 Å². The fourth-order valence-electron chi connectivity index (χ4n) is 2.39. The Bertz CT molecular complexity index is 955. The molecule has 0 bridgehead atoms. The second kappa shape index (κ2) is 7.15. The van der Waals surface area contributed by atoms with Crippen molar-refractivity contribution in [3.63, 3.8) is 0 Å². The Morgan fingerprint density at radius 3 is 2.54 bits per heavy atom. The molecular weight excluding hydrogens is 330 g/mol. The van der Waals surface area contributed by atoms with E-state index >= 15 is 0 Å². The first kappa shape index (κ1) is 17.3. The van der Waals surface area contributed by atoms with Crippen LogP contribution < -0.4 is 15.8 Å². The van der Waals surface area contributed by atoms with E-state index in [-0.39, 0.29) is 17.5 Å². The van der Waals surface area contributed by atoms with Crippen LogP contribution in [-0.4, -0.2) is 16.2 Å². The molecule has 0 saturated carbocycles. The third-order valence-corrected chi connectivity index (χ3v) is 3.55. The Balaban J connectivity index is 1.84. The van der Waals surface area contributed by atoms with Crippen molar-refractivity contribution >= 4 is 17.2 Å². The average Bonchev–Trinajstić information content (AvgIpc) is 3.01. The Hall–Kier alpha value is -3.53. The third kappa shape index (κ3) is 3.75. The van der Waals surface area contributed by atoms with Gasteiger partial charge in [0.05, 0.1) is 17.5 Å². The van der Waals surface area contributed by atoms with Crippen molar-refractivity contribution in [1.29, 1.82) is 5.26 Å². The van der Waals surface area contributed by atoms with Crippen LogP contribution in [0.15, 0.2) is 40.9 Å². The van der Waals surface area contributed by atoms with Gasteiger partial charge in [0, 0.05) is 23.4 Å². The predicted octanol–water partition coefficient (Wildman–Crippen LogP) is 4.03. The number of nitrogens with zero attached hydrogens (tertiary/aromatic N) is 3. The van der Waals surface area contributed by atoms with Gasteiger partial charge in [-0.2, -0.15) is 10.2 Å². The lowest BCUT2D eigenvalue weighted by Gasteiger charge is -2.14. The normalized spacial score (nSPS) is 10.6. The van der Waals surface area contributed by atoms with Crippen LogP contribution in [0.5, 0.6) is 5.88 Å². The zero-order valence-corrected chi connectivity index (χ0v) is 14.8. The highest BCUT2D eigenvalue weighted by Gasteiger charge is 2.14. The highest BCUT2D eigenvalue weighted by Crippen LogP contribution is 2.28. The van der Waals surface area contributed by atoms with Gasteiger partial charge in [-0.05, 0) is 45.0 Å². The molecule has 7 heteroatoms. The summed E-state index contributed by atoms with van der Waals surface area (Å²) in [6.45, 7) is 5.60. The molecule has 0 saturated heterocycles. The SMILES string of the molecule is Cc1cc(-c2ccc(Nc3cc(N)c(C#N)c(OC(C)C)n3)cc2)on1. The first-order valence-corrected chi connectivity index (χ1v) is 8.14. The van der Waals surface area contributed by atoms with Gasteiger partial charge in [-0.25, -0.2) is 0 Å². The Kier molecular flexibility index (Phi) is 4.76. The maximum atomic E-state index is 9.25. The molecule has 3 N–H and O–H groups in total. The number of nitrogen functional groups attached to an aromatic ring is 1. The molecule has 0 aliphatic carbocycles. The van der Waals surface area contributed by atoms with Gasteiger partial charge in [0.1, 0.15) is 17.5 Å². The minimum atomic E-state index is -0.117. The highest BCUT2D eigenvalue weighted by atomic mass is 16.5. The highest BCUT2D eigenvalue weighted by molar-refractivity contribution is 5.69. The number of nitrogens with one attached hydrogen (secondary N) is 1. The van der Waals surface area contributed by atoms with Gasteiger partial charge in [0.25, 0.3) is 0 Å². The number of aromatic nitrogens is 2. The van der Waals surface area contributed by atoms with Gasteiger partial charge in [-0.3, -0.25) is 0 Å². The lowest BCUT2D eigenvalue weighted by molar-refractivity contribution is 0.232. The number of nitriles is 1. The van der Waals surface area contributed by atoms with Crippen molar-refractivity contribution in [2.24, 2.45) is 0 Å². The quantitative estimate of drug-likeness (QED) is 0.715. The van der Waals surface area contributed by atoms with Gasteiger partial charge in [-0.1, -0.05) is 5.16 Å². The van der Waals surface area contributed by atoms with E-state index in [1.54, 1.807) is 6.07 Å². The van der Waals surface area contributed by atoms with Crippen molar-refractivity contribution in [3.8, 4) is 23.3 Å². The van der Waals surface area contributed by atoms with Gasteiger partial charge in [0.2, 0.25) is 5.88 Å². The summed E-state index contributed by atoms with van der Waals surface area (Å²) in [5.74, 6) is 1.43. The zero-order valence-electron chi connectivity index (χ0n) is 14.8. The van der Waals surface area contributed by atoms with E-state index in [9.17, 15) is 5.26 Å². The summed E-state index contributed by atoms with van der Waals surface area (Å²) < 4.78 is 10.9. The smallest absolute Gasteiger partial charge is 0.236 e. The van der Waals surface area contributed by atoms with E-state index in [1.165, 1.54) is 0 Å². The largest absolute Gasteiger partial charge is 0.474 e. The molecule has 0 unspecified atom stereocenters. The van der Waals surface area contributed by atoms with E-state index in [0.717, 1.165) is 16.9 Å². The summed E-state index contributed by atoms with van der Waals surface area (Å²) in [5.41, 5.74) is 9.08. The topological polar surface area (TPSA) is 110 Å². The van der Waals surface area contributed by atoms with Crippen molar-refractivity contribution in [1.82, 2.24) is 10.1 Å². The van der Waals surface area contributed by atoms with Gasteiger partial charge in [-0.15, -0.1) is 0 Å². The minimum absolute atomic E-state index is 0.117.